The molecule has 1 aromatic rings. The van der Waals surface area contributed by atoms with Gasteiger partial charge in [0.2, 0.25) is 5.91 Å². The Hall–Kier alpha value is -1.39. The first-order valence-electron chi connectivity index (χ1n) is 7.46. The van der Waals surface area contributed by atoms with Gasteiger partial charge in [0, 0.05) is 38.6 Å². The number of piperazine rings is 1. The first-order valence-corrected chi connectivity index (χ1v) is 7.46. The minimum Gasteiger partial charge on any atom is -0.395 e. The Kier molecular flexibility index (Phi) is 4.03. The van der Waals surface area contributed by atoms with Crippen molar-refractivity contribution in [1.82, 2.24) is 9.80 Å². The number of β-amino-alcohol motifs (C(OH)–C–C–N with tert-alkyl or cyclic N) is 1. The van der Waals surface area contributed by atoms with Crippen LogP contribution in [0, 0.1) is 5.92 Å². The summed E-state index contributed by atoms with van der Waals surface area (Å²) in [7, 11) is 0. The quantitative estimate of drug-likeness (QED) is 0.875. The Bertz CT molecular complexity index is 456. The van der Waals surface area contributed by atoms with Gasteiger partial charge in [0.05, 0.1) is 6.61 Å². The van der Waals surface area contributed by atoms with E-state index in [2.05, 4.69) is 29.2 Å². The summed E-state index contributed by atoms with van der Waals surface area (Å²) in [6, 6.07) is 8.39. The van der Waals surface area contributed by atoms with Gasteiger partial charge < -0.3 is 10.0 Å². The second-order valence-corrected chi connectivity index (χ2v) is 5.76. The van der Waals surface area contributed by atoms with E-state index >= 15 is 0 Å². The van der Waals surface area contributed by atoms with Crippen LogP contribution >= 0.6 is 0 Å². The van der Waals surface area contributed by atoms with Crippen molar-refractivity contribution in [3.63, 3.8) is 0 Å². The lowest BCUT2D eigenvalue weighted by Gasteiger charge is -2.35. The van der Waals surface area contributed by atoms with Gasteiger partial charge in [0.15, 0.2) is 0 Å². The van der Waals surface area contributed by atoms with Crippen LogP contribution in [0.4, 0.5) is 0 Å². The molecule has 2 aliphatic rings. The number of carbonyl (C=O) groups excluding carboxylic acids is 1. The van der Waals surface area contributed by atoms with Gasteiger partial charge in [-0.1, -0.05) is 24.3 Å². The van der Waals surface area contributed by atoms with E-state index in [1.807, 2.05) is 4.90 Å². The van der Waals surface area contributed by atoms with Crippen LogP contribution in [0.5, 0.6) is 0 Å². The number of hydrogen-bond acceptors (Lipinski definition) is 3. The van der Waals surface area contributed by atoms with Crippen molar-refractivity contribution >= 4 is 5.91 Å². The van der Waals surface area contributed by atoms with Gasteiger partial charge in [-0.25, -0.2) is 0 Å². The maximum atomic E-state index is 12.6. The van der Waals surface area contributed by atoms with E-state index in [4.69, 9.17) is 5.11 Å². The predicted molar refractivity (Wildman–Crippen MR) is 77.4 cm³/mol. The van der Waals surface area contributed by atoms with Gasteiger partial charge in [-0.15, -0.1) is 0 Å². The summed E-state index contributed by atoms with van der Waals surface area (Å²) in [6.07, 6.45) is 1.79. The first kappa shape index (κ1) is 13.6. The molecule has 0 saturated carbocycles. The SMILES string of the molecule is O=C(C1Cc2ccccc2C1)N1CCN(CCO)CC1. The van der Waals surface area contributed by atoms with E-state index < -0.39 is 0 Å². The molecule has 0 radical (unpaired) electrons. The van der Waals surface area contributed by atoms with E-state index in [-0.39, 0.29) is 12.5 Å². The summed E-state index contributed by atoms with van der Waals surface area (Å²) < 4.78 is 0. The molecule has 4 nitrogen and oxygen atoms in total. The van der Waals surface area contributed by atoms with Crippen LogP contribution in [-0.2, 0) is 17.6 Å². The zero-order chi connectivity index (χ0) is 13.9. The lowest BCUT2D eigenvalue weighted by Crippen LogP contribution is -2.51. The Morgan fingerprint density at radius 3 is 2.25 bits per heavy atom. The molecule has 1 fully saturated rings. The van der Waals surface area contributed by atoms with Crippen molar-refractivity contribution < 1.29 is 9.90 Å². The monoisotopic (exact) mass is 274 g/mol. The van der Waals surface area contributed by atoms with Crippen molar-refractivity contribution in [1.29, 1.82) is 0 Å². The second kappa shape index (κ2) is 5.94. The fourth-order valence-electron chi connectivity index (χ4n) is 3.32. The Morgan fingerprint density at radius 1 is 1.10 bits per heavy atom. The summed E-state index contributed by atoms with van der Waals surface area (Å²) in [5, 5.41) is 8.94. The molecule has 0 atom stereocenters. The molecule has 1 heterocycles. The van der Waals surface area contributed by atoms with E-state index in [1.165, 1.54) is 11.1 Å². The first-order chi connectivity index (χ1) is 9.78. The summed E-state index contributed by atoms with van der Waals surface area (Å²) in [5.74, 6) is 0.446. The molecule has 0 bridgehead atoms. The molecule has 1 saturated heterocycles. The number of hydrogen-bond donors (Lipinski definition) is 1. The predicted octanol–water partition coefficient (Wildman–Crippen LogP) is 0.538. The van der Waals surface area contributed by atoms with E-state index in [0.717, 1.165) is 45.6 Å². The average Bonchev–Trinajstić information content (AvgIpc) is 2.91. The highest BCUT2D eigenvalue weighted by Crippen LogP contribution is 2.28. The number of carbonyl (C=O) groups is 1. The maximum absolute atomic E-state index is 12.6. The second-order valence-electron chi connectivity index (χ2n) is 5.76. The fraction of sp³-hybridized carbons (Fsp3) is 0.562. The minimum absolute atomic E-state index is 0.136. The third-order valence-corrected chi connectivity index (χ3v) is 4.50. The summed E-state index contributed by atoms with van der Waals surface area (Å²) in [6.45, 7) is 4.28. The maximum Gasteiger partial charge on any atom is 0.226 e. The summed E-state index contributed by atoms with van der Waals surface area (Å²) >= 11 is 0. The van der Waals surface area contributed by atoms with Crippen LogP contribution in [-0.4, -0.2) is 60.1 Å². The molecule has 1 aliphatic heterocycles. The Balaban J connectivity index is 1.56. The van der Waals surface area contributed by atoms with Crippen LogP contribution in [0.25, 0.3) is 0 Å². The third kappa shape index (κ3) is 2.72. The van der Waals surface area contributed by atoms with Gasteiger partial charge >= 0.3 is 0 Å². The molecule has 1 N–H and O–H groups in total. The zero-order valence-electron chi connectivity index (χ0n) is 11.8. The zero-order valence-corrected chi connectivity index (χ0v) is 11.8. The molecule has 1 aliphatic carbocycles. The Morgan fingerprint density at radius 2 is 1.70 bits per heavy atom. The molecule has 108 valence electrons. The fourth-order valence-corrected chi connectivity index (χ4v) is 3.32. The molecule has 1 amide bonds. The lowest BCUT2D eigenvalue weighted by molar-refractivity contribution is -0.137. The van der Waals surface area contributed by atoms with Crippen LogP contribution < -0.4 is 0 Å². The van der Waals surface area contributed by atoms with E-state index in [1.54, 1.807) is 0 Å². The number of benzene rings is 1. The number of aliphatic hydroxyl groups is 1. The molecular formula is C16H22N2O2. The number of fused-ring (bicyclic) bond motifs is 1. The normalized spacial score (nSPS) is 20.1. The van der Waals surface area contributed by atoms with Gasteiger partial charge in [-0.2, -0.15) is 0 Å². The molecule has 0 spiro atoms. The third-order valence-electron chi connectivity index (χ3n) is 4.50. The molecule has 0 aromatic heterocycles. The van der Waals surface area contributed by atoms with Crippen LogP contribution in [0.15, 0.2) is 24.3 Å². The molecule has 4 heteroatoms. The van der Waals surface area contributed by atoms with Crippen LogP contribution in [0.2, 0.25) is 0 Å². The number of nitrogens with zero attached hydrogens (tertiary/aromatic N) is 2. The Labute approximate surface area is 120 Å². The van der Waals surface area contributed by atoms with Crippen molar-refractivity contribution in [2.45, 2.75) is 12.8 Å². The van der Waals surface area contributed by atoms with Gasteiger partial charge in [0.1, 0.15) is 0 Å². The van der Waals surface area contributed by atoms with Gasteiger partial charge in [0.25, 0.3) is 0 Å². The molecule has 20 heavy (non-hydrogen) atoms. The standard InChI is InChI=1S/C16H22N2O2/c19-10-9-17-5-7-18(8-6-17)16(20)15-11-13-3-1-2-4-14(13)12-15/h1-4,15,19H,5-12H2. The molecule has 1 aromatic carbocycles. The minimum atomic E-state index is 0.136. The highest BCUT2D eigenvalue weighted by atomic mass is 16.3. The van der Waals surface area contributed by atoms with Crippen LogP contribution in [0.3, 0.4) is 0 Å². The number of rotatable bonds is 3. The lowest BCUT2D eigenvalue weighted by atomic mass is 10.0. The highest BCUT2D eigenvalue weighted by molar-refractivity contribution is 5.80. The average molecular weight is 274 g/mol. The van der Waals surface area contributed by atoms with Crippen molar-refractivity contribution in [3.8, 4) is 0 Å². The topological polar surface area (TPSA) is 43.8 Å². The summed E-state index contributed by atoms with van der Waals surface area (Å²) in [5.41, 5.74) is 2.68. The highest BCUT2D eigenvalue weighted by Gasteiger charge is 2.31. The summed E-state index contributed by atoms with van der Waals surface area (Å²) in [4.78, 5) is 16.8. The van der Waals surface area contributed by atoms with Gasteiger partial charge in [-0.3, -0.25) is 9.69 Å². The van der Waals surface area contributed by atoms with E-state index in [9.17, 15) is 4.79 Å². The molecule has 3 rings (SSSR count). The largest absolute Gasteiger partial charge is 0.395 e. The number of aliphatic hydroxyl groups excluding tert-OH is 1. The van der Waals surface area contributed by atoms with Crippen LogP contribution in [0.1, 0.15) is 11.1 Å². The van der Waals surface area contributed by atoms with Crippen molar-refractivity contribution in [2.75, 3.05) is 39.3 Å². The van der Waals surface area contributed by atoms with Crippen molar-refractivity contribution in [2.24, 2.45) is 5.92 Å². The van der Waals surface area contributed by atoms with Gasteiger partial charge in [-0.05, 0) is 24.0 Å². The van der Waals surface area contributed by atoms with Crippen molar-refractivity contribution in [3.05, 3.63) is 35.4 Å². The smallest absolute Gasteiger partial charge is 0.226 e. The molecular weight excluding hydrogens is 252 g/mol. The number of amides is 1. The molecule has 0 unspecified atom stereocenters. The van der Waals surface area contributed by atoms with E-state index in [0.29, 0.717) is 5.91 Å².